The zero-order valence-corrected chi connectivity index (χ0v) is 17.6. The number of fused-ring (bicyclic) bond motifs is 2. The van der Waals surface area contributed by atoms with Crippen molar-refractivity contribution in [1.29, 1.82) is 0 Å². The summed E-state index contributed by atoms with van der Waals surface area (Å²) < 4.78 is 1.55. The fourth-order valence-corrected chi connectivity index (χ4v) is 4.86. The molecule has 6 rings (SSSR count). The highest BCUT2D eigenvalue weighted by molar-refractivity contribution is 5.69. The highest BCUT2D eigenvalue weighted by atomic mass is 16.1. The third-order valence-electron chi connectivity index (χ3n) is 6.64. The molecular weight excluding hydrogens is 386 g/mol. The lowest BCUT2D eigenvalue weighted by Crippen LogP contribution is -2.51. The summed E-state index contributed by atoms with van der Waals surface area (Å²) in [5.41, 5.74) is 10.9. The maximum atomic E-state index is 12.3. The monoisotopic (exact) mass is 411 g/mol. The van der Waals surface area contributed by atoms with Gasteiger partial charge in [0.1, 0.15) is 6.17 Å². The fourth-order valence-electron chi connectivity index (χ4n) is 4.86. The lowest BCUT2D eigenvalue weighted by Gasteiger charge is -2.38. The Morgan fingerprint density at radius 1 is 1.13 bits per heavy atom. The molecule has 4 heterocycles. The van der Waals surface area contributed by atoms with E-state index in [-0.39, 0.29) is 11.7 Å². The second-order valence-electron chi connectivity index (χ2n) is 8.81. The zero-order valence-electron chi connectivity index (χ0n) is 17.6. The molecule has 1 aliphatic carbocycles. The third-order valence-corrected chi connectivity index (χ3v) is 6.64. The van der Waals surface area contributed by atoms with Gasteiger partial charge in [-0.3, -0.25) is 20.1 Å². The highest BCUT2D eigenvalue weighted by Crippen LogP contribution is 2.44. The Labute approximate surface area is 181 Å². The quantitative estimate of drug-likeness (QED) is 0.714. The molecule has 6 heteroatoms. The molecule has 1 N–H and O–H groups in total. The van der Waals surface area contributed by atoms with Gasteiger partial charge in [0.25, 0.3) is 5.56 Å². The summed E-state index contributed by atoms with van der Waals surface area (Å²) >= 11 is 0. The Kier molecular flexibility index (Phi) is 4.28. The zero-order chi connectivity index (χ0) is 20.9. The first-order valence-electron chi connectivity index (χ1n) is 11.0. The second-order valence-corrected chi connectivity index (χ2v) is 8.81. The second kappa shape index (κ2) is 7.17. The first-order valence-corrected chi connectivity index (χ1v) is 11.0. The van der Waals surface area contributed by atoms with Gasteiger partial charge in [-0.2, -0.15) is 0 Å². The molecule has 3 aliphatic rings. The van der Waals surface area contributed by atoms with E-state index in [4.69, 9.17) is 4.98 Å². The van der Waals surface area contributed by atoms with Crippen molar-refractivity contribution in [2.75, 3.05) is 12.0 Å². The molecule has 0 amide bonds. The van der Waals surface area contributed by atoms with Crippen LogP contribution in [-0.2, 0) is 13.0 Å². The van der Waals surface area contributed by atoms with Crippen LogP contribution in [0.2, 0.25) is 0 Å². The van der Waals surface area contributed by atoms with Crippen molar-refractivity contribution >= 4 is 6.08 Å². The molecular formula is C25H25N5O. The fraction of sp³-hybridized carbons (Fsp3) is 0.320. The molecule has 0 bridgehead atoms. The predicted molar refractivity (Wildman–Crippen MR) is 121 cm³/mol. The smallest absolute Gasteiger partial charge is 0.272 e. The van der Waals surface area contributed by atoms with Gasteiger partial charge in [-0.25, -0.2) is 9.66 Å². The predicted octanol–water partition coefficient (Wildman–Crippen LogP) is 3.53. The first-order chi connectivity index (χ1) is 15.2. The molecule has 1 aromatic carbocycles. The summed E-state index contributed by atoms with van der Waals surface area (Å²) in [4.78, 5) is 23.8. The summed E-state index contributed by atoms with van der Waals surface area (Å²) in [5, 5.41) is 0. The van der Waals surface area contributed by atoms with Crippen LogP contribution in [0, 0.1) is 0 Å². The average Bonchev–Trinajstić information content (AvgIpc) is 3.64. The van der Waals surface area contributed by atoms with Crippen LogP contribution in [0.4, 0.5) is 0 Å². The van der Waals surface area contributed by atoms with E-state index in [1.54, 1.807) is 10.9 Å². The highest BCUT2D eigenvalue weighted by Gasteiger charge is 2.30. The average molecular weight is 412 g/mol. The minimum atomic E-state index is -0.0863. The summed E-state index contributed by atoms with van der Waals surface area (Å²) in [6.07, 6.45) is 9.05. The number of hydrogen-bond donors (Lipinski definition) is 1. The lowest BCUT2D eigenvalue weighted by molar-refractivity contribution is 0.205. The number of aromatic nitrogens is 3. The topological polar surface area (TPSA) is 63.1 Å². The van der Waals surface area contributed by atoms with Crippen molar-refractivity contribution in [1.82, 2.24) is 19.5 Å². The number of nitrogens with one attached hydrogen (secondary N) is 1. The molecule has 1 fully saturated rings. The third kappa shape index (κ3) is 3.27. The van der Waals surface area contributed by atoms with E-state index in [2.05, 4.69) is 52.6 Å². The van der Waals surface area contributed by atoms with Gasteiger partial charge in [0.2, 0.25) is 0 Å². The van der Waals surface area contributed by atoms with Gasteiger partial charge in [-0.1, -0.05) is 24.3 Å². The van der Waals surface area contributed by atoms with Gasteiger partial charge in [0.05, 0.1) is 0 Å². The van der Waals surface area contributed by atoms with E-state index in [9.17, 15) is 4.79 Å². The SMILES string of the molecule is CC1=Cc2nccc(=O)n2NC1N1CCc2ncc(-c3ccccc3C3CC3)cc2C1. The van der Waals surface area contributed by atoms with Gasteiger partial charge in [0, 0.05) is 49.2 Å². The summed E-state index contributed by atoms with van der Waals surface area (Å²) in [6, 6.07) is 12.6. The first kappa shape index (κ1) is 18.5. The minimum absolute atomic E-state index is 0.0371. The Hall–Kier alpha value is -3.25. The minimum Gasteiger partial charge on any atom is -0.300 e. The summed E-state index contributed by atoms with van der Waals surface area (Å²) in [7, 11) is 0. The maximum Gasteiger partial charge on any atom is 0.272 e. The largest absolute Gasteiger partial charge is 0.300 e. The van der Waals surface area contributed by atoms with Crippen molar-refractivity contribution in [3.8, 4) is 11.1 Å². The van der Waals surface area contributed by atoms with E-state index in [0.29, 0.717) is 11.7 Å². The van der Waals surface area contributed by atoms with E-state index in [0.717, 1.165) is 25.1 Å². The number of benzene rings is 1. The molecule has 6 nitrogen and oxygen atoms in total. The van der Waals surface area contributed by atoms with Crippen LogP contribution in [0.3, 0.4) is 0 Å². The molecule has 0 spiro atoms. The molecule has 1 atom stereocenters. The standard InChI is InChI=1S/C25H25N5O/c1-16-12-23-26-10-8-24(31)30(23)28-25(16)29-11-9-22-19(15-29)13-18(14-27-22)21-5-3-2-4-20(21)17-6-7-17/h2-5,8,10,12-14,17,25,28H,6-7,9,11,15H2,1H3. The Bertz CT molecular complexity index is 1260. The Morgan fingerprint density at radius 2 is 2.00 bits per heavy atom. The normalized spacial score (nSPS) is 20.4. The molecule has 1 unspecified atom stereocenters. The van der Waals surface area contributed by atoms with E-state index in [1.807, 2.05) is 12.3 Å². The lowest BCUT2D eigenvalue weighted by atomic mass is 9.95. The Morgan fingerprint density at radius 3 is 2.87 bits per heavy atom. The van der Waals surface area contributed by atoms with Crippen LogP contribution in [-0.4, -0.2) is 32.3 Å². The summed E-state index contributed by atoms with van der Waals surface area (Å²) in [5.74, 6) is 1.36. The molecule has 156 valence electrons. The van der Waals surface area contributed by atoms with Crippen LogP contribution in [0.1, 0.15) is 48.3 Å². The van der Waals surface area contributed by atoms with Crippen molar-refractivity contribution in [2.45, 2.75) is 44.8 Å². The van der Waals surface area contributed by atoms with Crippen LogP contribution < -0.4 is 11.0 Å². The number of hydrogen-bond acceptors (Lipinski definition) is 5. The van der Waals surface area contributed by atoms with Crippen LogP contribution in [0.5, 0.6) is 0 Å². The van der Waals surface area contributed by atoms with Gasteiger partial charge in [-0.15, -0.1) is 0 Å². The number of pyridine rings is 1. The van der Waals surface area contributed by atoms with Gasteiger partial charge in [-0.05, 0) is 60.1 Å². The molecule has 0 radical (unpaired) electrons. The van der Waals surface area contributed by atoms with Crippen molar-refractivity contribution < 1.29 is 0 Å². The van der Waals surface area contributed by atoms with Crippen molar-refractivity contribution in [3.05, 3.63) is 87.4 Å². The van der Waals surface area contributed by atoms with E-state index >= 15 is 0 Å². The van der Waals surface area contributed by atoms with E-state index < -0.39 is 0 Å². The number of nitrogens with zero attached hydrogens (tertiary/aromatic N) is 4. The maximum absolute atomic E-state index is 12.3. The molecule has 3 aromatic rings. The molecule has 0 saturated heterocycles. The molecule has 31 heavy (non-hydrogen) atoms. The van der Waals surface area contributed by atoms with Crippen LogP contribution >= 0.6 is 0 Å². The van der Waals surface area contributed by atoms with Crippen molar-refractivity contribution in [3.63, 3.8) is 0 Å². The van der Waals surface area contributed by atoms with Gasteiger partial charge < -0.3 is 0 Å². The van der Waals surface area contributed by atoms with Crippen molar-refractivity contribution in [2.24, 2.45) is 0 Å². The molecule has 1 saturated carbocycles. The van der Waals surface area contributed by atoms with E-state index in [1.165, 1.54) is 46.9 Å². The summed E-state index contributed by atoms with van der Waals surface area (Å²) in [6.45, 7) is 3.79. The molecule has 2 aliphatic heterocycles. The molecule has 2 aromatic heterocycles. The van der Waals surface area contributed by atoms with Gasteiger partial charge >= 0.3 is 0 Å². The van der Waals surface area contributed by atoms with Crippen LogP contribution in [0.25, 0.3) is 17.2 Å². The number of rotatable bonds is 3. The Balaban J connectivity index is 1.31. The van der Waals surface area contributed by atoms with Crippen LogP contribution in [0.15, 0.2) is 59.2 Å². The van der Waals surface area contributed by atoms with Gasteiger partial charge in [0.15, 0.2) is 5.82 Å².